The first-order valence-corrected chi connectivity index (χ1v) is 16.0. The van der Waals surface area contributed by atoms with Gasteiger partial charge in [0.05, 0.1) is 11.7 Å². The van der Waals surface area contributed by atoms with Crippen molar-refractivity contribution in [2.24, 2.45) is 22.7 Å². The number of ether oxygens (including phenoxy) is 1. The summed E-state index contributed by atoms with van der Waals surface area (Å²) in [5.74, 6) is -4.39. The van der Waals surface area contributed by atoms with Gasteiger partial charge >= 0.3 is 5.97 Å². The number of nitrogens with one attached hydrogen (secondary N) is 5. The molecule has 0 bridgehead atoms. The van der Waals surface area contributed by atoms with Crippen LogP contribution in [-0.4, -0.2) is 81.0 Å². The number of esters is 1. The van der Waals surface area contributed by atoms with Crippen molar-refractivity contribution in [2.75, 3.05) is 24.2 Å². The van der Waals surface area contributed by atoms with Crippen LogP contribution in [0.2, 0.25) is 0 Å². The average Bonchev–Trinajstić information content (AvgIpc) is 2.91. The molecule has 0 radical (unpaired) electrons. The highest BCUT2D eigenvalue weighted by atomic mass is 32.2. The van der Waals surface area contributed by atoms with Gasteiger partial charge in [-0.15, -0.1) is 0 Å². The molecule has 16 heteroatoms. The third kappa shape index (κ3) is 13.4. The maximum atomic E-state index is 13.1. The van der Waals surface area contributed by atoms with Crippen molar-refractivity contribution >= 4 is 45.3 Å². The van der Waals surface area contributed by atoms with Gasteiger partial charge in [0.2, 0.25) is 27.7 Å². The molecule has 0 aromatic heterocycles. The van der Waals surface area contributed by atoms with Crippen LogP contribution in [-0.2, 0) is 40.5 Å². The smallest absolute Gasteiger partial charge is 0.308 e. The highest BCUT2D eigenvalue weighted by Gasteiger charge is 2.31. The van der Waals surface area contributed by atoms with E-state index >= 15 is 0 Å². The Bertz CT molecular complexity index is 1280. The molecular weight excluding hydrogens is 594 g/mol. The zero-order valence-electron chi connectivity index (χ0n) is 26.4. The van der Waals surface area contributed by atoms with Crippen molar-refractivity contribution in [3.63, 3.8) is 0 Å². The first-order valence-electron chi connectivity index (χ1n) is 14.3. The van der Waals surface area contributed by atoms with Gasteiger partial charge in [-0.1, -0.05) is 47.6 Å². The molecule has 0 aliphatic rings. The van der Waals surface area contributed by atoms with E-state index in [0.717, 1.165) is 0 Å². The highest BCUT2D eigenvalue weighted by Crippen LogP contribution is 2.18. The topological polar surface area (TPSA) is 241 Å². The van der Waals surface area contributed by atoms with Gasteiger partial charge in [-0.2, -0.15) is 0 Å². The van der Waals surface area contributed by atoms with Gasteiger partial charge in [0, 0.05) is 35.9 Å². The largest absolute Gasteiger partial charge is 0.461 e. The predicted molar refractivity (Wildman–Crippen MR) is 166 cm³/mol. The Morgan fingerprint density at radius 3 is 2.07 bits per heavy atom. The highest BCUT2D eigenvalue weighted by molar-refractivity contribution is 7.89. The van der Waals surface area contributed by atoms with E-state index in [2.05, 4.69) is 26.6 Å². The zero-order chi connectivity index (χ0) is 33.8. The summed E-state index contributed by atoms with van der Waals surface area (Å²) in [6, 6.07) is 0.858. The minimum absolute atomic E-state index is 0.157. The Kier molecular flexibility index (Phi) is 15.4. The third-order valence-corrected chi connectivity index (χ3v) is 6.94. The van der Waals surface area contributed by atoms with Crippen LogP contribution < -0.4 is 37.5 Å². The quantitative estimate of drug-likeness (QED) is 0.106. The number of carbonyl (C=O) groups excluding carboxylic acids is 5. The van der Waals surface area contributed by atoms with Crippen LogP contribution in [0.3, 0.4) is 0 Å². The Morgan fingerprint density at radius 1 is 0.909 bits per heavy atom. The molecule has 1 aromatic rings. The lowest BCUT2D eigenvalue weighted by Crippen LogP contribution is -2.58. The van der Waals surface area contributed by atoms with Crippen LogP contribution in [0.1, 0.15) is 64.4 Å². The number of amides is 4. The molecule has 9 N–H and O–H groups in total. The summed E-state index contributed by atoms with van der Waals surface area (Å²) in [7, 11) is -4.01. The summed E-state index contributed by atoms with van der Waals surface area (Å²) in [5, 5.41) is 18.4. The van der Waals surface area contributed by atoms with Crippen LogP contribution in [0.25, 0.3) is 0 Å². The van der Waals surface area contributed by atoms with Crippen molar-refractivity contribution in [3.8, 4) is 0 Å². The Morgan fingerprint density at radius 2 is 1.55 bits per heavy atom. The van der Waals surface area contributed by atoms with Crippen LogP contribution in [0.5, 0.6) is 0 Å². The van der Waals surface area contributed by atoms with Crippen molar-refractivity contribution in [3.05, 3.63) is 29.3 Å². The molecule has 4 amide bonds. The lowest BCUT2D eigenvalue weighted by molar-refractivity contribution is -0.148. The van der Waals surface area contributed by atoms with Gasteiger partial charge in [0.15, 0.2) is 0 Å². The molecule has 0 fully saturated rings. The van der Waals surface area contributed by atoms with E-state index in [4.69, 9.17) is 15.6 Å². The first kappa shape index (κ1) is 38.4. The number of benzene rings is 1. The molecule has 0 saturated heterocycles. The van der Waals surface area contributed by atoms with Crippen LogP contribution >= 0.6 is 0 Å². The Hall–Kier alpha value is -3.60. The molecule has 248 valence electrons. The van der Waals surface area contributed by atoms with E-state index in [9.17, 15) is 32.4 Å². The second-order valence-corrected chi connectivity index (χ2v) is 13.0. The zero-order valence-corrected chi connectivity index (χ0v) is 27.2. The average molecular weight is 642 g/mol. The number of primary sulfonamides is 1. The van der Waals surface area contributed by atoms with Gasteiger partial charge in [-0.25, -0.2) is 13.6 Å². The number of anilines is 1. The minimum Gasteiger partial charge on any atom is -0.461 e. The summed E-state index contributed by atoms with van der Waals surface area (Å²) in [4.78, 5) is 63.7. The summed E-state index contributed by atoms with van der Waals surface area (Å²) in [6.45, 7) is 11.9. The lowest BCUT2D eigenvalue weighted by atomic mass is 10.0. The molecule has 1 rings (SSSR count). The molecule has 0 aliphatic heterocycles. The van der Waals surface area contributed by atoms with E-state index in [1.165, 1.54) is 25.1 Å². The standard InChI is InChI=1S/C28H47N7O8S/c1-15(2)23(35-26(38)22(32-17(5)6)14-44(30,41)42)27(39)33-18(7)24(36)34-20-9-8-19(13-43-28(40)16(3)4)21(12-20)25(37)31-11-10-29/h8-9,12,15-18,22-23,32H,10-11,13-14,29H2,1-7H3,(H,31,37)(H,33,39)(H,34,36)(H,35,38)(H2,30,41,42)/t18-,22-,23-/m0/s1. The summed E-state index contributed by atoms with van der Waals surface area (Å²) < 4.78 is 28.6. The van der Waals surface area contributed by atoms with Gasteiger partial charge < -0.3 is 37.1 Å². The molecule has 0 aliphatic carbocycles. The van der Waals surface area contributed by atoms with E-state index in [0.29, 0.717) is 5.56 Å². The Balaban J connectivity index is 3.05. The van der Waals surface area contributed by atoms with E-state index in [1.807, 2.05) is 0 Å². The second kappa shape index (κ2) is 17.6. The fourth-order valence-corrected chi connectivity index (χ4v) is 4.54. The van der Waals surface area contributed by atoms with Gasteiger partial charge in [-0.3, -0.25) is 24.0 Å². The van der Waals surface area contributed by atoms with E-state index < -0.39 is 69.4 Å². The molecule has 0 saturated carbocycles. The maximum absolute atomic E-state index is 13.1. The van der Waals surface area contributed by atoms with Crippen molar-refractivity contribution < 1.29 is 37.1 Å². The maximum Gasteiger partial charge on any atom is 0.308 e. The second-order valence-electron chi connectivity index (χ2n) is 11.3. The molecular formula is C28H47N7O8S. The van der Waals surface area contributed by atoms with Crippen molar-refractivity contribution in [1.82, 2.24) is 21.3 Å². The first-order chi connectivity index (χ1) is 20.4. The molecule has 44 heavy (non-hydrogen) atoms. The molecule has 3 atom stereocenters. The number of nitrogens with two attached hydrogens (primary N) is 2. The number of hydrogen-bond acceptors (Lipinski definition) is 10. The normalized spacial score (nSPS) is 13.6. The fraction of sp³-hybridized carbons (Fsp3) is 0.607. The van der Waals surface area contributed by atoms with Crippen molar-refractivity contribution in [1.29, 1.82) is 0 Å². The molecule has 1 aromatic carbocycles. The minimum atomic E-state index is -4.01. The summed E-state index contributed by atoms with van der Waals surface area (Å²) in [5.41, 5.74) is 6.31. The van der Waals surface area contributed by atoms with Gasteiger partial charge in [0.25, 0.3) is 5.91 Å². The molecule has 0 unspecified atom stereocenters. The monoisotopic (exact) mass is 641 g/mol. The van der Waals surface area contributed by atoms with Gasteiger partial charge in [-0.05, 0) is 25.0 Å². The fourth-order valence-electron chi connectivity index (χ4n) is 3.83. The van der Waals surface area contributed by atoms with Crippen LogP contribution in [0, 0.1) is 11.8 Å². The number of carbonyl (C=O) groups is 5. The summed E-state index contributed by atoms with van der Waals surface area (Å²) in [6.07, 6.45) is 0. The lowest BCUT2D eigenvalue weighted by Gasteiger charge is -2.27. The van der Waals surface area contributed by atoms with Gasteiger partial charge in [0.1, 0.15) is 24.7 Å². The predicted octanol–water partition coefficient (Wildman–Crippen LogP) is -0.687. The van der Waals surface area contributed by atoms with Crippen LogP contribution in [0.4, 0.5) is 5.69 Å². The summed E-state index contributed by atoms with van der Waals surface area (Å²) >= 11 is 0. The molecule has 15 nitrogen and oxygen atoms in total. The van der Waals surface area contributed by atoms with Crippen molar-refractivity contribution in [2.45, 2.75) is 79.2 Å². The van der Waals surface area contributed by atoms with E-state index in [-0.39, 0.29) is 42.9 Å². The Labute approximate surface area is 259 Å². The number of sulfonamides is 1. The molecule has 0 spiro atoms. The third-order valence-electron chi connectivity index (χ3n) is 6.14. The number of rotatable bonds is 17. The number of hydrogen-bond donors (Lipinski definition) is 7. The molecule has 0 heterocycles. The van der Waals surface area contributed by atoms with Crippen LogP contribution in [0.15, 0.2) is 18.2 Å². The SMILES string of the molecule is CC(C)N[C@@H](CS(N)(=O)=O)C(=O)N[C@H](C(=O)N[C@@H](C)C(=O)Nc1ccc(COC(=O)C(C)C)c(C(=O)NCCN)c1)C(C)C. The van der Waals surface area contributed by atoms with E-state index in [1.54, 1.807) is 41.5 Å².